The Kier molecular flexibility index (Phi) is 5.58. The second-order valence-electron chi connectivity index (χ2n) is 5.48. The number of benzene rings is 2. The second-order valence-corrected chi connectivity index (χ2v) is 5.88. The predicted octanol–water partition coefficient (Wildman–Crippen LogP) is 3.85. The molecule has 0 fully saturated rings. The molecule has 2 aromatic carbocycles. The normalized spacial score (nSPS) is 14.9. The molecule has 0 bridgehead atoms. The van der Waals surface area contributed by atoms with Gasteiger partial charge < -0.3 is 11.1 Å². The van der Waals surface area contributed by atoms with E-state index in [0.717, 1.165) is 11.1 Å². The Balaban J connectivity index is 2.04. The van der Waals surface area contributed by atoms with Crippen molar-refractivity contribution in [1.82, 2.24) is 5.32 Å². The zero-order valence-corrected chi connectivity index (χ0v) is 13.5. The van der Waals surface area contributed by atoms with Crippen molar-refractivity contribution in [1.29, 1.82) is 0 Å². The molecule has 0 heterocycles. The van der Waals surface area contributed by atoms with Crippen molar-refractivity contribution in [3.63, 3.8) is 0 Å². The van der Waals surface area contributed by atoms with Gasteiger partial charge in [0, 0.05) is 11.1 Å². The minimum Gasteiger partial charge on any atom is -0.349 e. The largest absolute Gasteiger partial charge is 0.349 e. The summed E-state index contributed by atoms with van der Waals surface area (Å²) in [6, 6.07) is 16.7. The Morgan fingerprint density at radius 3 is 2.27 bits per heavy atom. The van der Waals surface area contributed by atoms with Gasteiger partial charge in [-0.3, -0.25) is 4.79 Å². The van der Waals surface area contributed by atoms with Crippen LogP contribution in [0.5, 0.6) is 0 Å². The summed E-state index contributed by atoms with van der Waals surface area (Å²) in [5.41, 5.74) is 8.05. The fourth-order valence-corrected chi connectivity index (χ4v) is 2.68. The molecule has 1 amide bonds. The van der Waals surface area contributed by atoms with Gasteiger partial charge in [-0.25, -0.2) is 0 Å². The summed E-state index contributed by atoms with van der Waals surface area (Å²) in [4.78, 5) is 12.4. The number of hydrogen-bond donors (Lipinski definition) is 2. The lowest BCUT2D eigenvalue weighted by atomic mass is 9.94. The fourth-order valence-electron chi connectivity index (χ4n) is 2.38. The molecule has 116 valence electrons. The number of amides is 1. The van der Waals surface area contributed by atoms with Crippen LogP contribution in [0.25, 0.3) is 0 Å². The van der Waals surface area contributed by atoms with Crippen LogP contribution in [0.3, 0.4) is 0 Å². The van der Waals surface area contributed by atoms with E-state index in [1.165, 1.54) is 0 Å². The minimum atomic E-state index is -0.334. The third kappa shape index (κ3) is 3.87. The first-order valence-electron chi connectivity index (χ1n) is 7.36. The monoisotopic (exact) mass is 316 g/mol. The summed E-state index contributed by atoms with van der Waals surface area (Å²) >= 11 is 6.16. The fraction of sp³-hybridized carbons (Fsp3) is 0.278. The Labute approximate surface area is 136 Å². The van der Waals surface area contributed by atoms with E-state index in [4.69, 9.17) is 17.3 Å². The molecule has 0 aromatic heterocycles. The van der Waals surface area contributed by atoms with Crippen molar-refractivity contribution in [3.05, 3.63) is 70.7 Å². The van der Waals surface area contributed by atoms with Gasteiger partial charge in [-0.05, 0) is 24.1 Å². The Morgan fingerprint density at radius 1 is 1.05 bits per heavy atom. The Morgan fingerprint density at radius 2 is 1.64 bits per heavy atom. The molecule has 2 aromatic rings. The van der Waals surface area contributed by atoms with E-state index in [1.54, 1.807) is 0 Å². The molecule has 22 heavy (non-hydrogen) atoms. The summed E-state index contributed by atoms with van der Waals surface area (Å²) in [7, 11) is 0. The van der Waals surface area contributed by atoms with Crippen molar-refractivity contribution in [2.75, 3.05) is 0 Å². The molecule has 3 N–H and O–H groups in total. The van der Waals surface area contributed by atoms with E-state index in [-0.39, 0.29) is 23.9 Å². The number of carbonyl (C=O) groups is 1. The van der Waals surface area contributed by atoms with Crippen LogP contribution in [0, 0.1) is 5.92 Å². The highest BCUT2D eigenvalue weighted by Gasteiger charge is 2.23. The first kappa shape index (κ1) is 16.5. The van der Waals surface area contributed by atoms with Crippen LogP contribution in [-0.4, -0.2) is 5.91 Å². The lowest BCUT2D eigenvalue weighted by Crippen LogP contribution is -2.37. The molecule has 0 radical (unpaired) electrons. The van der Waals surface area contributed by atoms with E-state index >= 15 is 0 Å². The Hall–Kier alpha value is -1.84. The highest BCUT2D eigenvalue weighted by molar-refractivity contribution is 6.31. The minimum absolute atomic E-state index is 0.0798. The number of halogens is 1. The van der Waals surface area contributed by atoms with Crippen molar-refractivity contribution in [3.8, 4) is 0 Å². The molecule has 4 heteroatoms. The SMILES string of the molecule is CC(NC(=O)C(C)C(N)c1ccccc1)c1ccccc1Cl. The second kappa shape index (κ2) is 7.43. The van der Waals surface area contributed by atoms with Gasteiger partial charge in [0.2, 0.25) is 5.91 Å². The maximum atomic E-state index is 12.4. The van der Waals surface area contributed by atoms with Gasteiger partial charge >= 0.3 is 0 Å². The molecule has 2 rings (SSSR count). The van der Waals surface area contributed by atoms with Gasteiger partial charge in [0.1, 0.15) is 0 Å². The molecule has 0 aliphatic rings. The van der Waals surface area contributed by atoms with E-state index in [0.29, 0.717) is 5.02 Å². The molecule has 3 nitrogen and oxygen atoms in total. The van der Waals surface area contributed by atoms with Crippen LogP contribution in [0.15, 0.2) is 54.6 Å². The first-order chi connectivity index (χ1) is 10.5. The van der Waals surface area contributed by atoms with Gasteiger partial charge in [0.05, 0.1) is 12.0 Å². The third-order valence-electron chi connectivity index (χ3n) is 3.87. The van der Waals surface area contributed by atoms with E-state index in [1.807, 2.05) is 68.4 Å². The van der Waals surface area contributed by atoms with Crippen molar-refractivity contribution in [2.24, 2.45) is 11.7 Å². The van der Waals surface area contributed by atoms with Crippen molar-refractivity contribution in [2.45, 2.75) is 25.9 Å². The summed E-state index contributed by atoms with van der Waals surface area (Å²) < 4.78 is 0. The molecule has 0 aliphatic carbocycles. The van der Waals surface area contributed by atoms with Gasteiger partial charge in [-0.15, -0.1) is 0 Å². The number of rotatable bonds is 5. The van der Waals surface area contributed by atoms with Crippen LogP contribution in [0.2, 0.25) is 5.02 Å². The maximum absolute atomic E-state index is 12.4. The van der Waals surface area contributed by atoms with Crippen molar-refractivity contribution < 1.29 is 4.79 Å². The number of nitrogens with two attached hydrogens (primary N) is 1. The van der Waals surface area contributed by atoms with E-state index < -0.39 is 0 Å². The van der Waals surface area contributed by atoms with Crippen LogP contribution in [-0.2, 0) is 4.79 Å². The summed E-state index contributed by atoms with van der Waals surface area (Å²) in [6.45, 7) is 3.76. The molecule has 0 spiro atoms. The molecular formula is C18H21ClN2O. The van der Waals surface area contributed by atoms with Crippen LogP contribution < -0.4 is 11.1 Å². The molecule has 3 unspecified atom stereocenters. The molecule has 0 saturated carbocycles. The van der Waals surface area contributed by atoms with Crippen molar-refractivity contribution >= 4 is 17.5 Å². The first-order valence-corrected chi connectivity index (χ1v) is 7.74. The van der Waals surface area contributed by atoms with Crippen LogP contribution >= 0.6 is 11.6 Å². The smallest absolute Gasteiger partial charge is 0.225 e. The number of hydrogen-bond acceptors (Lipinski definition) is 2. The van der Waals surface area contributed by atoms with Crippen LogP contribution in [0.4, 0.5) is 0 Å². The predicted molar refractivity (Wildman–Crippen MR) is 90.5 cm³/mol. The standard InChI is InChI=1S/C18H21ClN2O/c1-12(17(20)14-8-4-3-5-9-14)18(22)21-13(2)15-10-6-7-11-16(15)19/h3-13,17H,20H2,1-2H3,(H,21,22). The lowest BCUT2D eigenvalue weighted by Gasteiger charge is -2.23. The number of carbonyl (C=O) groups excluding carboxylic acids is 1. The highest BCUT2D eigenvalue weighted by Crippen LogP contribution is 2.24. The van der Waals surface area contributed by atoms with E-state index in [9.17, 15) is 4.79 Å². The van der Waals surface area contributed by atoms with Gasteiger partial charge in [-0.1, -0.05) is 67.1 Å². The third-order valence-corrected chi connectivity index (χ3v) is 4.21. The quantitative estimate of drug-likeness (QED) is 0.880. The van der Waals surface area contributed by atoms with Gasteiger partial charge in [0.25, 0.3) is 0 Å². The maximum Gasteiger partial charge on any atom is 0.225 e. The van der Waals surface area contributed by atoms with Gasteiger partial charge in [0.15, 0.2) is 0 Å². The van der Waals surface area contributed by atoms with Crippen LogP contribution in [0.1, 0.15) is 37.1 Å². The number of nitrogens with one attached hydrogen (secondary N) is 1. The highest BCUT2D eigenvalue weighted by atomic mass is 35.5. The average molecular weight is 317 g/mol. The molecule has 0 saturated heterocycles. The topological polar surface area (TPSA) is 55.1 Å². The summed E-state index contributed by atoms with van der Waals surface area (Å²) in [6.07, 6.45) is 0. The molecule has 3 atom stereocenters. The summed E-state index contributed by atoms with van der Waals surface area (Å²) in [5, 5.41) is 3.63. The molecule has 0 aliphatic heterocycles. The molecular weight excluding hydrogens is 296 g/mol. The van der Waals surface area contributed by atoms with E-state index in [2.05, 4.69) is 5.32 Å². The van der Waals surface area contributed by atoms with Gasteiger partial charge in [-0.2, -0.15) is 0 Å². The zero-order chi connectivity index (χ0) is 16.1. The summed E-state index contributed by atoms with van der Waals surface area (Å²) in [5.74, 6) is -0.406. The zero-order valence-electron chi connectivity index (χ0n) is 12.8. The average Bonchev–Trinajstić information content (AvgIpc) is 2.54. The Bertz CT molecular complexity index is 630. The lowest BCUT2D eigenvalue weighted by molar-refractivity contribution is -0.125.